The molecule has 1 aliphatic heterocycles. The smallest absolute Gasteiger partial charge is 0.251 e. The molecule has 0 radical (unpaired) electrons. The number of aryl methyl sites for hydroxylation is 2. The summed E-state index contributed by atoms with van der Waals surface area (Å²) in [5.41, 5.74) is 3.61. The van der Waals surface area contributed by atoms with Gasteiger partial charge in [0, 0.05) is 18.2 Å². The average molecular weight is 272 g/mol. The third-order valence-electron chi connectivity index (χ3n) is 4.67. The molecular formula is C17H24N2O. The van der Waals surface area contributed by atoms with Gasteiger partial charge in [0.15, 0.2) is 0 Å². The Labute approximate surface area is 121 Å². The monoisotopic (exact) mass is 272 g/mol. The molecule has 0 saturated carbocycles. The third-order valence-corrected chi connectivity index (χ3v) is 4.67. The van der Waals surface area contributed by atoms with Crippen LogP contribution in [0.25, 0.3) is 0 Å². The molecule has 0 aromatic heterocycles. The average Bonchev–Trinajstić information content (AvgIpc) is 2.93. The molecule has 1 heterocycles. The van der Waals surface area contributed by atoms with Gasteiger partial charge in [-0.1, -0.05) is 6.07 Å². The molecule has 1 aromatic rings. The maximum absolute atomic E-state index is 12.2. The Balaban J connectivity index is 1.54. The Kier molecular flexibility index (Phi) is 4.06. The Morgan fingerprint density at radius 2 is 2.15 bits per heavy atom. The number of piperidine rings is 1. The van der Waals surface area contributed by atoms with Crippen LogP contribution in [0, 0.1) is 5.92 Å². The van der Waals surface area contributed by atoms with Crippen molar-refractivity contribution in [2.24, 2.45) is 5.92 Å². The summed E-state index contributed by atoms with van der Waals surface area (Å²) in [6.07, 6.45) is 5.94. The molecule has 2 unspecified atom stereocenters. The summed E-state index contributed by atoms with van der Waals surface area (Å²) in [5, 5.41) is 6.57. The van der Waals surface area contributed by atoms with Gasteiger partial charge in [-0.25, -0.2) is 0 Å². The number of fused-ring (bicyclic) bond motifs is 1. The Morgan fingerprint density at radius 1 is 1.30 bits per heavy atom. The van der Waals surface area contributed by atoms with E-state index in [1.54, 1.807) is 0 Å². The van der Waals surface area contributed by atoms with Crippen molar-refractivity contribution in [3.8, 4) is 0 Å². The van der Waals surface area contributed by atoms with Crippen LogP contribution in [0.1, 0.15) is 47.7 Å². The number of carbonyl (C=O) groups excluding carboxylic acids is 1. The molecule has 1 aromatic carbocycles. The van der Waals surface area contributed by atoms with Gasteiger partial charge >= 0.3 is 0 Å². The number of hydrogen-bond donors (Lipinski definition) is 2. The van der Waals surface area contributed by atoms with E-state index in [1.165, 1.54) is 36.8 Å². The lowest BCUT2D eigenvalue weighted by Gasteiger charge is -2.27. The topological polar surface area (TPSA) is 41.1 Å². The summed E-state index contributed by atoms with van der Waals surface area (Å²) in [6.45, 7) is 4.03. The molecule has 1 saturated heterocycles. The fourth-order valence-corrected chi connectivity index (χ4v) is 3.28. The largest absolute Gasteiger partial charge is 0.352 e. The van der Waals surface area contributed by atoms with Crippen LogP contribution in [0.4, 0.5) is 0 Å². The molecule has 2 aliphatic rings. The molecule has 3 heteroatoms. The Morgan fingerprint density at radius 3 is 2.95 bits per heavy atom. The van der Waals surface area contributed by atoms with Crippen LogP contribution in [0.3, 0.4) is 0 Å². The predicted octanol–water partition coefficient (Wildman–Crippen LogP) is 2.29. The van der Waals surface area contributed by atoms with Gasteiger partial charge in [-0.05, 0) is 74.8 Å². The summed E-state index contributed by atoms with van der Waals surface area (Å²) in [6, 6.07) is 6.80. The molecule has 108 valence electrons. The van der Waals surface area contributed by atoms with E-state index in [0.29, 0.717) is 12.0 Å². The van der Waals surface area contributed by atoms with Gasteiger partial charge in [-0.3, -0.25) is 4.79 Å². The van der Waals surface area contributed by atoms with Crippen molar-refractivity contribution >= 4 is 5.91 Å². The maximum atomic E-state index is 12.2. The maximum Gasteiger partial charge on any atom is 0.251 e. The summed E-state index contributed by atoms with van der Waals surface area (Å²) in [7, 11) is 0. The molecule has 2 atom stereocenters. The highest BCUT2D eigenvalue weighted by molar-refractivity contribution is 5.94. The number of nitrogens with one attached hydrogen (secondary N) is 2. The fraction of sp³-hybridized carbons (Fsp3) is 0.588. The van der Waals surface area contributed by atoms with Gasteiger partial charge in [0.05, 0.1) is 0 Å². The highest BCUT2D eigenvalue weighted by Gasteiger charge is 2.19. The zero-order chi connectivity index (χ0) is 13.9. The van der Waals surface area contributed by atoms with Crippen LogP contribution in [0.5, 0.6) is 0 Å². The molecule has 3 nitrogen and oxygen atoms in total. The van der Waals surface area contributed by atoms with Crippen molar-refractivity contribution in [1.29, 1.82) is 0 Å². The summed E-state index contributed by atoms with van der Waals surface area (Å²) < 4.78 is 0. The van der Waals surface area contributed by atoms with E-state index in [0.717, 1.165) is 25.1 Å². The minimum Gasteiger partial charge on any atom is -0.352 e. The predicted molar refractivity (Wildman–Crippen MR) is 81.0 cm³/mol. The lowest BCUT2D eigenvalue weighted by Crippen LogP contribution is -2.41. The van der Waals surface area contributed by atoms with E-state index in [4.69, 9.17) is 0 Å². The Hall–Kier alpha value is -1.35. The molecule has 1 amide bonds. The SMILES string of the molecule is CC1CCC(CNC(=O)c2ccc3c(c2)CCC3)CN1. The van der Waals surface area contributed by atoms with Crippen LogP contribution < -0.4 is 10.6 Å². The van der Waals surface area contributed by atoms with Crippen molar-refractivity contribution in [2.75, 3.05) is 13.1 Å². The number of amides is 1. The van der Waals surface area contributed by atoms with Crippen molar-refractivity contribution in [2.45, 2.75) is 45.1 Å². The molecule has 0 bridgehead atoms. The van der Waals surface area contributed by atoms with Crippen molar-refractivity contribution in [3.05, 3.63) is 34.9 Å². The molecule has 1 fully saturated rings. The van der Waals surface area contributed by atoms with E-state index in [9.17, 15) is 4.79 Å². The standard InChI is InChI=1S/C17H24N2O/c1-12-5-6-13(10-18-12)11-19-17(20)16-8-7-14-3-2-4-15(14)9-16/h7-9,12-13,18H,2-6,10-11H2,1H3,(H,19,20). The normalized spacial score (nSPS) is 25.2. The summed E-state index contributed by atoms with van der Waals surface area (Å²) >= 11 is 0. The lowest BCUT2D eigenvalue weighted by atomic mass is 9.95. The first-order valence-corrected chi connectivity index (χ1v) is 7.86. The molecule has 3 rings (SSSR count). The van der Waals surface area contributed by atoms with Crippen molar-refractivity contribution < 1.29 is 4.79 Å². The molecular weight excluding hydrogens is 248 g/mol. The number of benzene rings is 1. The van der Waals surface area contributed by atoms with E-state index in [2.05, 4.69) is 29.7 Å². The third kappa shape index (κ3) is 3.04. The highest BCUT2D eigenvalue weighted by atomic mass is 16.1. The minimum atomic E-state index is 0.0818. The van der Waals surface area contributed by atoms with Crippen molar-refractivity contribution in [3.63, 3.8) is 0 Å². The van der Waals surface area contributed by atoms with Crippen molar-refractivity contribution in [1.82, 2.24) is 10.6 Å². The fourth-order valence-electron chi connectivity index (χ4n) is 3.28. The molecule has 2 N–H and O–H groups in total. The first-order valence-electron chi connectivity index (χ1n) is 7.86. The minimum absolute atomic E-state index is 0.0818. The van der Waals surface area contributed by atoms with Crippen LogP contribution in [-0.2, 0) is 12.8 Å². The zero-order valence-corrected chi connectivity index (χ0v) is 12.2. The lowest BCUT2D eigenvalue weighted by molar-refractivity contribution is 0.0944. The number of carbonyl (C=O) groups is 1. The molecule has 1 aliphatic carbocycles. The van der Waals surface area contributed by atoms with E-state index < -0.39 is 0 Å². The molecule has 20 heavy (non-hydrogen) atoms. The van der Waals surface area contributed by atoms with E-state index in [1.807, 2.05) is 6.07 Å². The van der Waals surface area contributed by atoms with Gasteiger partial charge in [0.25, 0.3) is 5.91 Å². The van der Waals surface area contributed by atoms with Gasteiger partial charge in [0.1, 0.15) is 0 Å². The van der Waals surface area contributed by atoms with E-state index >= 15 is 0 Å². The van der Waals surface area contributed by atoms with Gasteiger partial charge in [-0.2, -0.15) is 0 Å². The van der Waals surface area contributed by atoms with Gasteiger partial charge < -0.3 is 10.6 Å². The van der Waals surface area contributed by atoms with E-state index in [-0.39, 0.29) is 5.91 Å². The Bertz CT molecular complexity index is 490. The van der Waals surface area contributed by atoms with Crippen LogP contribution in [-0.4, -0.2) is 25.0 Å². The summed E-state index contributed by atoms with van der Waals surface area (Å²) in [5.74, 6) is 0.655. The second-order valence-corrected chi connectivity index (χ2v) is 6.30. The number of rotatable bonds is 3. The van der Waals surface area contributed by atoms with Crippen LogP contribution in [0.2, 0.25) is 0 Å². The quantitative estimate of drug-likeness (QED) is 0.886. The van der Waals surface area contributed by atoms with Crippen LogP contribution in [0.15, 0.2) is 18.2 Å². The second-order valence-electron chi connectivity index (χ2n) is 6.30. The molecule has 0 spiro atoms. The summed E-state index contributed by atoms with van der Waals surface area (Å²) in [4.78, 5) is 12.2. The van der Waals surface area contributed by atoms with Gasteiger partial charge in [-0.15, -0.1) is 0 Å². The van der Waals surface area contributed by atoms with Crippen LogP contribution >= 0.6 is 0 Å². The highest BCUT2D eigenvalue weighted by Crippen LogP contribution is 2.22. The first kappa shape index (κ1) is 13.6. The first-order chi connectivity index (χ1) is 9.72. The van der Waals surface area contributed by atoms with Gasteiger partial charge in [0.2, 0.25) is 0 Å². The second kappa shape index (κ2) is 5.96. The zero-order valence-electron chi connectivity index (χ0n) is 12.2. The number of hydrogen-bond acceptors (Lipinski definition) is 2.